The van der Waals surface area contributed by atoms with E-state index in [0.29, 0.717) is 54.0 Å². The van der Waals surface area contributed by atoms with Crippen LogP contribution < -0.4 is 72.7 Å². The van der Waals surface area contributed by atoms with Gasteiger partial charge in [-0.05, 0) is 152 Å². The van der Waals surface area contributed by atoms with Gasteiger partial charge in [0.2, 0.25) is 22.8 Å². The number of cyclic esters (lactones) is 1. The number of halogens is 16. The number of carbonyl (C=O) groups excluding carboxylic acids is 10. The third kappa shape index (κ3) is 42.9. The van der Waals surface area contributed by atoms with E-state index in [1.54, 1.807) is 41.5 Å². The molecule has 3 heterocycles. The number of carbonyl (C=O) groups is 10. The number of aliphatic carboxylic acids is 1. The molecule has 41 heteroatoms. The van der Waals surface area contributed by atoms with Crippen LogP contribution in [0.1, 0.15) is 206 Å². The van der Waals surface area contributed by atoms with Crippen LogP contribution in [0.15, 0.2) is 257 Å². The van der Waals surface area contributed by atoms with Crippen LogP contribution in [-0.2, 0) is 57.4 Å². The third-order valence-corrected chi connectivity index (χ3v) is 19.8. The largest absolute Gasteiger partial charge is 1.00 e. The fourth-order valence-electron chi connectivity index (χ4n) is 12.6. The van der Waals surface area contributed by atoms with Gasteiger partial charge in [-0.25, -0.2) is 62.3 Å². The summed E-state index contributed by atoms with van der Waals surface area (Å²) in [6, 6.07) is 49.7. The molecule has 144 heavy (non-hydrogen) atoms. The molecule has 0 spiro atoms. The molecule has 10 aromatic rings. The van der Waals surface area contributed by atoms with Gasteiger partial charge >= 0.3 is 41.5 Å². The van der Waals surface area contributed by atoms with Gasteiger partial charge in [0, 0.05) is 107 Å². The minimum atomic E-state index is -1.18. The number of Topliss-reactive ketones (excluding diaryl/α,β-unsaturated/α-hetero) is 2. The van der Waals surface area contributed by atoms with E-state index >= 15 is 0 Å². The second-order valence-corrected chi connectivity index (χ2v) is 32.9. The zero-order valence-corrected chi connectivity index (χ0v) is 85.3. The number of aldehydes is 1. The quantitative estimate of drug-likeness (QED) is 0.00513. The van der Waals surface area contributed by atoms with E-state index < -0.39 is 128 Å². The Morgan fingerprint density at radius 3 is 1.12 bits per heavy atom. The number of allylic oxidation sites excluding steroid dienone is 3. The second-order valence-electron chi connectivity index (χ2n) is 31.2. The van der Waals surface area contributed by atoms with Gasteiger partial charge in [0.1, 0.15) is 117 Å². The van der Waals surface area contributed by atoms with Crippen molar-refractivity contribution in [3.05, 3.63) is 387 Å². The van der Waals surface area contributed by atoms with Gasteiger partial charge in [-0.1, -0.05) is 168 Å². The van der Waals surface area contributed by atoms with Crippen molar-refractivity contribution in [2.24, 2.45) is 21.5 Å². The zero-order valence-electron chi connectivity index (χ0n) is 80.3. The summed E-state index contributed by atoms with van der Waals surface area (Å²) in [5.41, 5.74) is 14.1. The molecule has 760 valence electrons. The topological polar surface area (TPSA) is 382 Å². The van der Waals surface area contributed by atoms with Crippen molar-refractivity contribution >= 4 is 123 Å². The molecule has 0 aromatic heterocycles. The Bertz CT molecular complexity index is 6180. The standard InChI is InChI=1S/C26H20ClF4N3O.C20H15ClF4N2O2.2C12H15NO2.C8H11N.C7H4ClFO.C7H5F3N2.C7H10O3.C2H3ClO.C2H4O2.Na/c1-13(15-6-4-3-5-7-15)33-26(35)22-14(2)32-25(23-20(30)11-17(29)12-21(23)31)34-24(22)18-9-8-16(28)10-19(18)27;1-3-29-20(28)16-9(2)26-19(17-14(24)7-11(23)8-15(17)25)27-18(16)12-5-4-10(22)6-13(12)21;2*1-9(14)8-12(15)13-10(2)11-6-4-3-5-7-11;1-7(9)8-5-3-2-4-6-8;8-7-3-6(9)2-1-5(7)4-10;8-3-1-4(9)6(7(11)12)5(10)2-3;1-5-4-6(8)10-7(2,3)9-5;2*1-2(3)4;/h3-13,24H,1-2H3,(H,32,34)(H,33,35);4-8,18H,3H2,1-2H3,(H,26,27);2*3-7,10H,8H2,1-2H3,(H,13,15);2-7H,9H2,1H3;1-4H;1-2H,(H3,11,12);4H,1-3H3;1H3;1H3,(H,3,4);/q;;;;;;;;;;+1/p-1/t13-,24-;18-;2*10-;7-;;;;;;/m00000....../s1. The van der Waals surface area contributed by atoms with E-state index in [0.717, 1.165) is 53.9 Å². The first-order chi connectivity index (χ1) is 67.1. The molecule has 0 saturated carbocycles. The first-order valence-corrected chi connectivity index (χ1v) is 44.3. The number of amides is 3. The molecule has 6 atom stereocenters. The number of rotatable bonds is 20. The number of amidine groups is 3. The predicted molar refractivity (Wildman–Crippen MR) is 517 cm³/mol. The minimum absolute atomic E-state index is 0. The maximum Gasteiger partial charge on any atom is 1.00 e. The molecule has 0 radical (unpaired) electrons. The molecule has 0 aliphatic carbocycles. The summed E-state index contributed by atoms with van der Waals surface area (Å²) in [4.78, 5) is 117. The molecule has 13 rings (SSSR count). The molecule has 0 fully saturated rings. The molecular weight excluding hydrogens is 1990 g/mol. The van der Waals surface area contributed by atoms with Crippen molar-refractivity contribution in [3.8, 4) is 0 Å². The Morgan fingerprint density at radius 2 is 0.819 bits per heavy atom. The summed E-state index contributed by atoms with van der Waals surface area (Å²) in [5, 5.41) is 29.2. The smallest absolute Gasteiger partial charge is 0.550 e. The van der Waals surface area contributed by atoms with Crippen molar-refractivity contribution < 1.29 is 150 Å². The van der Waals surface area contributed by atoms with Crippen molar-refractivity contribution in [1.82, 2.24) is 26.6 Å². The molecule has 0 saturated heterocycles. The summed E-state index contributed by atoms with van der Waals surface area (Å²) in [6.45, 7) is 22.5. The summed E-state index contributed by atoms with van der Waals surface area (Å²) in [5.74, 6) is -16.7. The van der Waals surface area contributed by atoms with E-state index in [2.05, 4.69) is 48.2 Å². The number of hydrogen-bond acceptors (Lipinski definition) is 20. The van der Waals surface area contributed by atoms with Gasteiger partial charge in [-0.2, -0.15) is 0 Å². The van der Waals surface area contributed by atoms with Crippen LogP contribution in [0, 0.1) is 75.2 Å². The number of nitrogens with two attached hydrogens (primary N) is 2. The zero-order chi connectivity index (χ0) is 108. The average molecular weight is 2100 g/mol. The second kappa shape index (κ2) is 61.4. The van der Waals surface area contributed by atoms with E-state index in [1.165, 1.54) is 63.6 Å². The monoisotopic (exact) mass is 2090 g/mol. The number of nitrogens with one attached hydrogen (secondary N) is 6. The number of benzene rings is 10. The van der Waals surface area contributed by atoms with Gasteiger partial charge in [-0.15, -0.1) is 0 Å². The Labute approximate surface area is 865 Å². The SMILES string of the molecule is CC(=O)CC(=O)N[C@@H](C)c1ccccc1.CC(=O)CC(=O)N[C@@H](C)c1ccccc1.CC(=O)Cl.CC(=O)[O-].CC1=C(C(=O)N[C@@H](C)c2ccccc2)[C@H](c2ccc(F)cc2Cl)N=C(c2c(F)cc(F)cc2F)N1.CC1=CC(=O)OC(C)(C)O1.CCOC(=O)C1=C(C)NC(c2c(F)cc(F)cc2F)=N[C@H]1c1ccc(F)cc1Cl.C[C@H](N)c1ccccc1.N=C(N)c1c(F)cc(F)cc1F.O=Cc1ccc(F)cc1Cl.[Na+]. The molecule has 10 aromatic carbocycles. The number of esters is 2. The Balaban J connectivity index is 0.000000438. The summed E-state index contributed by atoms with van der Waals surface area (Å²) >= 11 is 22.5. The Kier molecular flexibility index (Phi) is 53.1. The van der Waals surface area contributed by atoms with Gasteiger partial charge in [0.05, 0.1) is 76.5 Å². The summed E-state index contributed by atoms with van der Waals surface area (Å²) < 4.78 is 176. The van der Waals surface area contributed by atoms with Gasteiger partial charge in [0.25, 0.3) is 5.91 Å². The normalized spacial score (nSPS) is 14.0. The first kappa shape index (κ1) is 125. The van der Waals surface area contributed by atoms with Crippen LogP contribution in [0.25, 0.3) is 0 Å². The van der Waals surface area contributed by atoms with Crippen LogP contribution >= 0.6 is 46.4 Å². The first-order valence-electron chi connectivity index (χ1n) is 42.7. The third-order valence-electron chi connectivity index (χ3n) is 18.8. The van der Waals surface area contributed by atoms with Crippen molar-refractivity contribution in [2.75, 3.05) is 6.61 Å². The van der Waals surface area contributed by atoms with Crippen molar-refractivity contribution in [1.29, 1.82) is 5.41 Å². The molecule has 3 aliphatic heterocycles. The molecule has 0 bridgehead atoms. The summed E-state index contributed by atoms with van der Waals surface area (Å²) in [6.07, 6.45) is 1.82. The maximum absolute atomic E-state index is 14.5. The van der Waals surface area contributed by atoms with Crippen LogP contribution in [-0.4, -0.2) is 88.6 Å². The minimum Gasteiger partial charge on any atom is -0.550 e. The fourth-order valence-corrected chi connectivity index (χ4v) is 13.4. The molecule has 10 N–H and O–H groups in total. The molecule has 0 unspecified atom stereocenters. The maximum atomic E-state index is 14.5. The summed E-state index contributed by atoms with van der Waals surface area (Å²) in [7, 11) is 0. The predicted octanol–water partition coefficient (Wildman–Crippen LogP) is 17.8. The van der Waals surface area contributed by atoms with Crippen molar-refractivity contribution in [2.45, 2.75) is 152 Å². The molecule has 24 nitrogen and oxygen atoms in total. The van der Waals surface area contributed by atoms with Crippen LogP contribution in [0.2, 0.25) is 15.1 Å². The van der Waals surface area contributed by atoms with Gasteiger partial charge < -0.3 is 62.2 Å². The van der Waals surface area contributed by atoms with Crippen LogP contribution in [0.5, 0.6) is 0 Å². The number of carboxylic acids is 1. The molecular formula is C103H101Cl4F12N10NaO14. The van der Waals surface area contributed by atoms with E-state index in [1.807, 2.05) is 142 Å². The van der Waals surface area contributed by atoms with Crippen LogP contribution in [0.3, 0.4) is 0 Å². The number of nitrogens with zero attached hydrogens (tertiary/aromatic N) is 2. The van der Waals surface area contributed by atoms with Crippen LogP contribution in [0.4, 0.5) is 52.7 Å². The Morgan fingerprint density at radius 1 is 0.500 bits per heavy atom. The molecule has 3 aliphatic rings. The van der Waals surface area contributed by atoms with Crippen molar-refractivity contribution in [3.63, 3.8) is 0 Å². The number of ketones is 2. The fraction of sp³-hybridized carbons (Fsp3) is 0.233. The van der Waals surface area contributed by atoms with Gasteiger partial charge in [0.15, 0.2) is 6.29 Å². The van der Waals surface area contributed by atoms with E-state index in [9.17, 15) is 95.8 Å². The number of aliphatic imine (C=N–C) groups is 2. The number of carboxylic acid groups (broad SMARTS) is 1. The van der Waals surface area contributed by atoms with Gasteiger partial charge in [-0.3, -0.25) is 49.0 Å². The number of ether oxygens (including phenoxy) is 3. The molecule has 3 amide bonds. The van der Waals surface area contributed by atoms with E-state index in [-0.39, 0.29) is 168 Å². The number of hydrogen-bond donors (Lipinski definition) is 8. The van der Waals surface area contributed by atoms with E-state index in [4.69, 9.17) is 75.8 Å². The average Bonchev–Trinajstić information content (AvgIpc) is 0.767. The Hall–Kier alpha value is -13.6. The number of nitrogen functional groups attached to an aromatic ring is 1.